The average Bonchev–Trinajstić information content (AvgIpc) is 2.66. The maximum atomic E-state index is 12.1. The molecule has 1 aromatic rings. The Bertz CT molecular complexity index is 401. The Morgan fingerprint density at radius 1 is 1.33 bits per heavy atom. The summed E-state index contributed by atoms with van der Waals surface area (Å²) >= 11 is 1.64. The van der Waals surface area contributed by atoms with Crippen LogP contribution in [0.15, 0.2) is 29.2 Å². The van der Waals surface area contributed by atoms with Crippen LogP contribution >= 0.6 is 11.8 Å². The van der Waals surface area contributed by atoms with E-state index in [2.05, 4.69) is 24.4 Å². The third-order valence-corrected chi connectivity index (χ3v) is 4.30. The number of amides is 1. The Kier molecular flexibility index (Phi) is 5.08. The van der Waals surface area contributed by atoms with E-state index in [0.29, 0.717) is 5.75 Å². The van der Waals surface area contributed by atoms with E-state index in [1.807, 2.05) is 17.0 Å². The lowest BCUT2D eigenvalue weighted by molar-refractivity contribution is -0.128. The molecule has 1 aliphatic rings. The van der Waals surface area contributed by atoms with E-state index in [9.17, 15) is 4.79 Å². The van der Waals surface area contributed by atoms with E-state index >= 15 is 0 Å². The molecule has 3 nitrogen and oxygen atoms in total. The molecule has 2 rings (SSSR count). The molecular formula is C14H20N2OS. The van der Waals surface area contributed by atoms with E-state index in [-0.39, 0.29) is 5.91 Å². The number of carbonyl (C=O) groups excluding carboxylic acids is 1. The highest BCUT2D eigenvalue weighted by Gasteiger charge is 2.15. The van der Waals surface area contributed by atoms with Gasteiger partial charge in [0.2, 0.25) is 5.91 Å². The molecule has 0 saturated carbocycles. The number of aryl methyl sites for hydroxylation is 1. The largest absolute Gasteiger partial charge is 0.341 e. The maximum absolute atomic E-state index is 12.1. The van der Waals surface area contributed by atoms with Gasteiger partial charge in [-0.15, -0.1) is 11.8 Å². The van der Waals surface area contributed by atoms with Gasteiger partial charge in [0.05, 0.1) is 5.75 Å². The Morgan fingerprint density at radius 2 is 2.17 bits per heavy atom. The molecule has 0 radical (unpaired) electrons. The van der Waals surface area contributed by atoms with Crippen LogP contribution in [0.4, 0.5) is 0 Å². The third-order valence-electron chi connectivity index (χ3n) is 3.14. The molecule has 1 aromatic carbocycles. The number of benzene rings is 1. The van der Waals surface area contributed by atoms with Crippen LogP contribution in [-0.4, -0.2) is 42.7 Å². The fraction of sp³-hybridized carbons (Fsp3) is 0.500. The van der Waals surface area contributed by atoms with Crippen molar-refractivity contribution >= 4 is 17.7 Å². The minimum atomic E-state index is 0.256. The summed E-state index contributed by atoms with van der Waals surface area (Å²) in [5.41, 5.74) is 1.24. The number of rotatable bonds is 3. The van der Waals surface area contributed by atoms with E-state index in [4.69, 9.17) is 0 Å². The topological polar surface area (TPSA) is 32.3 Å². The first-order valence-corrected chi connectivity index (χ1v) is 7.43. The SMILES string of the molecule is Cc1ccccc1SCC(=O)N1CCCNCC1. The van der Waals surface area contributed by atoms with Crippen molar-refractivity contribution in [3.63, 3.8) is 0 Å². The first kappa shape index (κ1) is 13.4. The zero-order chi connectivity index (χ0) is 12.8. The molecule has 1 N–H and O–H groups in total. The van der Waals surface area contributed by atoms with Gasteiger partial charge in [-0.2, -0.15) is 0 Å². The molecule has 1 heterocycles. The van der Waals surface area contributed by atoms with E-state index in [1.165, 1.54) is 10.5 Å². The summed E-state index contributed by atoms with van der Waals surface area (Å²) in [6.07, 6.45) is 1.06. The fourth-order valence-electron chi connectivity index (χ4n) is 2.04. The molecule has 18 heavy (non-hydrogen) atoms. The molecule has 1 saturated heterocycles. The third kappa shape index (κ3) is 3.75. The summed E-state index contributed by atoms with van der Waals surface area (Å²) in [7, 11) is 0. The molecule has 0 bridgehead atoms. The Hall–Kier alpha value is -1.00. The monoisotopic (exact) mass is 264 g/mol. The predicted octanol–water partition coefficient (Wildman–Crippen LogP) is 1.91. The van der Waals surface area contributed by atoms with Gasteiger partial charge >= 0.3 is 0 Å². The summed E-state index contributed by atoms with van der Waals surface area (Å²) in [5.74, 6) is 0.803. The van der Waals surface area contributed by atoms with Crippen LogP contribution in [0, 0.1) is 6.92 Å². The van der Waals surface area contributed by atoms with Gasteiger partial charge in [0, 0.05) is 24.5 Å². The quantitative estimate of drug-likeness (QED) is 0.846. The van der Waals surface area contributed by atoms with Gasteiger partial charge in [-0.3, -0.25) is 4.79 Å². The number of hydrogen-bond acceptors (Lipinski definition) is 3. The molecule has 1 fully saturated rings. The number of hydrogen-bond donors (Lipinski definition) is 1. The fourth-order valence-corrected chi connectivity index (χ4v) is 2.98. The predicted molar refractivity (Wildman–Crippen MR) is 76.0 cm³/mol. The van der Waals surface area contributed by atoms with Crippen molar-refractivity contribution in [1.82, 2.24) is 10.2 Å². The number of thioether (sulfide) groups is 1. The first-order valence-electron chi connectivity index (χ1n) is 6.44. The Labute approximate surface area is 113 Å². The maximum Gasteiger partial charge on any atom is 0.232 e. The van der Waals surface area contributed by atoms with Crippen molar-refractivity contribution in [2.45, 2.75) is 18.2 Å². The zero-order valence-electron chi connectivity index (χ0n) is 10.8. The average molecular weight is 264 g/mol. The minimum Gasteiger partial charge on any atom is -0.341 e. The van der Waals surface area contributed by atoms with Crippen molar-refractivity contribution in [2.75, 3.05) is 31.9 Å². The van der Waals surface area contributed by atoms with Gasteiger partial charge in [0.25, 0.3) is 0 Å². The Balaban J connectivity index is 1.86. The highest BCUT2D eigenvalue weighted by atomic mass is 32.2. The molecular weight excluding hydrogens is 244 g/mol. The highest BCUT2D eigenvalue weighted by molar-refractivity contribution is 8.00. The molecule has 0 aromatic heterocycles. The van der Waals surface area contributed by atoms with Crippen LogP contribution in [0.2, 0.25) is 0 Å². The van der Waals surface area contributed by atoms with E-state index in [0.717, 1.165) is 32.6 Å². The summed E-state index contributed by atoms with van der Waals surface area (Å²) < 4.78 is 0. The van der Waals surface area contributed by atoms with Crippen molar-refractivity contribution in [3.8, 4) is 0 Å². The van der Waals surface area contributed by atoms with Crippen molar-refractivity contribution in [1.29, 1.82) is 0 Å². The van der Waals surface area contributed by atoms with Gasteiger partial charge in [-0.25, -0.2) is 0 Å². The molecule has 1 aliphatic heterocycles. The lowest BCUT2D eigenvalue weighted by Gasteiger charge is -2.19. The second kappa shape index (κ2) is 6.81. The number of carbonyl (C=O) groups is 1. The van der Waals surface area contributed by atoms with E-state index < -0.39 is 0 Å². The molecule has 4 heteroatoms. The molecule has 0 atom stereocenters. The first-order chi connectivity index (χ1) is 8.77. The summed E-state index contributed by atoms with van der Waals surface area (Å²) in [6.45, 7) is 5.76. The molecule has 1 amide bonds. The van der Waals surface area contributed by atoms with Gasteiger partial charge in [0.15, 0.2) is 0 Å². The zero-order valence-corrected chi connectivity index (χ0v) is 11.6. The molecule has 0 spiro atoms. The lowest BCUT2D eigenvalue weighted by Crippen LogP contribution is -2.35. The van der Waals surface area contributed by atoms with Gasteiger partial charge < -0.3 is 10.2 Å². The second-order valence-corrected chi connectivity index (χ2v) is 5.56. The summed E-state index contributed by atoms with van der Waals surface area (Å²) in [4.78, 5) is 15.3. The van der Waals surface area contributed by atoms with Crippen LogP contribution in [0.5, 0.6) is 0 Å². The van der Waals surface area contributed by atoms with Gasteiger partial charge in [-0.05, 0) is 31.5 Å². The standard InChI is InChI=1S/C14H20N2OS/c1-12-5-2-3-6-13(12)18-11-14(17)16-9-4-7-15-8-10-16/h2-3,5-6,15H,4,7-11H2,1H3. The number of nitrogens with one attached hydrogen (secondary N) is 1. The van der Waals surface area contributed by atoms with Crippen LogP contribution in [-0.2, 0) is 4.79 Å². The Morgan fingerprint density at radius 3 is 3.00 bits per heavy atom. The smallest absolute Gasteiger partial charge is 0.232 e. The van der Waals surface area contributed by atoms with Crippen LogP contribution in [0.3, 0.4) is 0 Å². The van der Waals surface area contributed by atoms with Crippen LogP contribution in [0.25, 0.3) is 0 Å². The van der Waals surface area contributed by atoms with Crippen molar-refractivity contribution in [2.24, 2.45) is 0 Å². The second-order valence-electron chi connectivity index (χ2n) is 4.54. The van der Waals surface area contributed by atoms with Gasteiger partial charge in [-0.1, -0.05) is 18.2 Å². The van der Waals surface area contributed by atoms with Crippen LogP contribution in [0.1, 0.15) is 12.0 Å². The highest BCUT2D eigenvalue weighted by Crippen LogP contribution is 2.22. The minimum absolute atomic E-state index is 0.256. The number of nitrogens with zero attached hydrogens (tertiary/aromatic N) is 1. The van der Waals surface area contributed by atoms with Crippen LogP contribution < -0.4 is 5.32 Å². The summed E-state index contributed by atoms with van der Waals surface area (Å²) in [5, 5.41) is 3.31. The molecule has 0 aliphatic carbocycles. The van der Waals surface area contributed by atoms with Crippen molar-refractivity contribution < 1.29 is 4.79 Å². The lowest BCUT2D eigenvalue weighted by atomic mass is 10.2. The summed E-state index contributed by atoms with van der Waals surface area (Å²) in [6, 6.07) is 8.22. The molecule has 98 valence electrons. The molecule has 0 unspecified atom stereocenters. The normalized spacial score (nSPS) is 16.4. The van der Waals surface area contributed by atoms with Crippen molar-refractivity contribution in [3.05, 3.63) is 29.8 Å². The van der Waals surface area contributed by atoms with E-state index in [1.54, 1.807) is 11.8 Å². The van der Waals surface area contributed by atoms with Gasteiger partial charge in [0.1, 0.15) is 0 Å².